The molecular weight excluding hydrogens is 332 g/mol. The molecule has 3 aromatic rings. The van der Waals surface area contributed by atoms with Crippen molar-refractivity contribution in [2.45, 2.75) is 33.1 Å². The zero-order chi connectivity index (χ0) is 18.0. The highest BCUT2D eigenvalue weighted by Crippen LogP contribution is 2.28. The standard InChI is InChI=1S/C19H20N4OS/c1-12-15(25-17(22-12)13-8-6-5-7-9-13)16(24)23-14-10-20-18(21-11-14)19(2,3)4/h5-11H,1-4H3,(H,23,24). The van der Waals surface area contributed by atoms with E-state index in [9.17, 15) is 4.79 Å². The fourth-order valence-electron chi connectivity index (χ4n) is 2.28. The molecule has 0 saturated carbocycles. The molecule has 0 unspecified atom stereocenters. The molecule has 0 atom stereocenters. The number of hydrogen-bond donors (Lipinski definition) is 1. The molecule has 1 amide bonds. The number of rotatable bonds is 3. The molecule has 6 heteroatoms. The molecule has 0 radical (unpaired) electrons. The maximum Gasteiger partial charge on any atom is 0.267 e. The van der Waals surface area contributed by atoms with Crippen LogP contribution in [-0.2, 0) is 5.41 Å². The van der Waals surface area contributed by atoms with Crippen LogP contribution in [0, 0.1) is 6.92 Å². The number of aromatic nitrogens is 3. The van der Waals surface area contributed by atoms with Crippen molar-refractivity contribution in [1.82, 2.24) is 15.0 Å². The maximum atomic E-state index is 12.6. The van der Waals surface area contributed by atoms with Crippen molar-refractivity contribution in [2.75, 3.05) is 5.32 Å². The molecule has 1 N–H and O–H groups in total. The van der Waals surface area contributed by atoms with Gasteiger partial charge in [-0.3, -0.25) is 4.79 Å². The number of carbonyl (C=O) groups is 1. The average molecular weight is 352 g/mol. The SMILES string of the molecule is Cc1nc(-c2ccccc2)sc1C(=O)Nc1cnc(C(C)(C)C)nc1. The Bertz CT molecular complexity index is 880. The van der Waals surface area contributed by atoms with E-state index in [1.807, 2.05) is 58.0 Å². The van der Waals surface area contributed by atoms with E-state index < -0.39 is 0 Å². The second kappa shape index (κ2) is 6.72. The number of anilines is 1. The largest absolute Gasteiger partial charge is 0.319 e. The summed E-state index contributed by atoms with van der Waals surface area (Å²) in [5, 5.41) is 3.68. The zero-order valence-corrected chi connectivity index (χ0v) is 15.5. The van der Waals surface area contributed by atoms with Crippen molar-refractivity contribution in [2.24, 2.45) is 0 Å². The van der Waals surface area contributed by atoms with E-state index in [-0.39, 0.29) is 11.3 Å². The third-order valence-electron chi connectivity index (χ3n) is 3.60. The smallest absolute Gasteiger partial charge is 0.267 e. The molecule has 3 rings (SSSR count). The minimum atomic E-state index is -0.190. The van der Waals surface area contributed by atoms with Gasteiger partial charge in [0, 0.05) is 11.0 Å². The van der Waals surface area contributed by atoms with Crippen LogP contribution in [0.3, 0.4) is 0 Å². The summed E-state index contributed by atoms with van der Waals surface area (Å²) >= 11 is 1.38. The van der Waals surface area contributed by atoms with Gasteiger partial charge in [-0.1, -0.05) is 51.1 Å². The van der Waals surface area contributed by atoms with Crippen LogP contribution in [-0.4, -0.2) is 20.9 Å². The quantitative estimate of drug-likeness (QED) is 0.756. The summed E-state index contributed by atoms with van der Waals surface area (Å²) in [6.45, 7) is 7.99. The van der Waals surface area contributed by atoms with Crippen molar-refractivity contribution in [3.8, 4) is 10.6 Å². The highest BCUT2D eigenvalue weighted by Gasteiger charge is 2.19. The molecule has 0 bridgehead atoms. The predicted molar refractivity (Wildman–Crippen MR) is 101 cm³/mol. The first-order chi connectivity index (χ1) is 11.8. The molecule has 128 valence electrons. The molecule has 0 aliphatic heterocycles. The Kier molecular flexibility index (Phi) is 4.63. The first-order valence-corrected chi connectivity index (χ1v) is 8.83. The van der Waals surface area contributed by atoms with Crippen LogP contribution >= 0.6 is 11.3 Å². The van der Waals surface area contributed by atoms with Gasteiger partial charge >= 0.3 is 0 Å². The number of benzene rings is 1. The lowest BCUT2D eigenvalue weighted by atomic mass is 9.96. The number of nitrogens with zero attached hydrogens (tertiary/aromatic N) is 3. The van der Waals surface area contributed by atoms with Crippen molar-refractivity contribution >= 4 is 22.9 Å². The Balaban J connectivity index is 1.79. The molecule has 2 aromatic heterocycles. The van der Waals surface area contributed by atoms with Crippen LogP contribution in [0.15, 0.2) is 42.7 Å². The Morgan fingerprint density at radius 2 is 1.72 bits per heavy atom. The molecule has 0 aliphatic carbocycles. The van der Waals surface area contributed by atoms with Crippen LogP contribution in [0.2, 0.25) is 0 Å². The van der Waals surface area contributed by atoms with Gasteiger partial charge in [0.15, 0.2) is 0 Å². The second-order valence-electron chi connectivity index (χ2n) is 6.80. The highest BCUT2D eigenvalue weighted by atomic mass is 32.1. The van der Waals surface area contributed by atoms with Gasteiger partial charge in [-0.25, -0.2) is 15.0 Å². The molecule has 0 saturated heterocycles. The summed E-state index contributed by atoms with van der Waals surface area (Å²) in [5.41, 5.74) is 2.18. The fourth-order valence-corrected chi connectivity index (χ4v) is 3.25. The predicted octanol–water partition coefficient (Wildman–Crippen LogP) is 4.46. The van der Waals surface area contributed by atoms with Gasteiger partial charge in [0.1, 0.15) is 15.7 Å². The van der Waals surface area contributed by atoms with Crippen molar-refractivity contribution in [1.29, 1.82) is 0 Å². The van der Waals surface area contributed by atoms with E-state index in [0.717, 1.165) is 16.4 Å². The normalized spacial score (nSPS) is 11.4. The third kappa shape index (κ3) is 3.91. The van der Waals surface area contributed by atoms with Gasteiger partial charge in [0.05, 0.1) is 23.8 Å². The van der Waals surface area contributed by atoms with Crippen LogP contribution in [0.5, 0.6) is 0 Å². The van der Waals surface area contributed by atoms with E-state index in [1.54, 1.807) is 12.4 Å². The average Bonchev–Trinajstić information content (AvgIpc) is 2.97. The second-order valence-corrected chi connectivity index (χ2v) is 7.80. The van der Waals surface area contributed by atoms with Crippen LogP contribution in [0.4, 0.5) is 5.69 Å². The molecule has 0 fully saturated rings. The van der Waals surface area contributed by atoms with E-state index >= 15 is 0 Å². The molecule has 25 heavy (non-hydrogen) atoms. The molecule has 5 nitrogen and oxygen atoms in total. The summed E-state index contributed by atoms with van der Waals surface area (Å²) in [5.74, 6) is 0.551. The molecular formula is C19H20N4OS. The molecule has 0 spiro atoms. The van der Waals surface area contributed by atoms with Gasteiger partial charge in [-0.05, 0) is 6.92 Å². The minimum Gasteiger partial charge on any atom is -0.319 e. The van der Waals surface area contributed by atoms with Gasteiger partial charge in [0.25, 0.3) is 5.91 Å². The Labute approximate surface area is 151 Å². The summed E-state index contributed by atoms with van der Waals surface area (Å²) in [6.07, 6.45) is 3.28. The summed E-state index contributed by atoms with van der Waals surface area (Å²) in [6, 6.07) is 9.84. The minimum absolute atomic E-state index is 0.124. The molecule has 2 heterocycles. The van der Waals surface area contributed by atoms with Gasteiger partial charge in [-0.15, -0.1) is 11.3 Å². The van der Waals surface area contributed by atoms with Gasteiger partial charge in [-0.2, -0.15) is 0 Å². The number of amides is 1. The zero-order valence-electron chi connectivity index (χ0n) is 14.7. The maximum absolute atomic E-state index is 12.6. The number of nitrogens with one attached hydrogen (secondary N) is 1. The van der Waals surface area contributed by atoms with Crippen LogP contribution in [0.25, 0.3) is 10.6 Å². The van der Waals surface area contributed by atoms with Crippen molar-refractivity contribution in [3.05, 3.63) is 59.1 Å². The van der Waals surface area contributed by atoms with E-state index in [1.165, 1.54) is 11.3 Å². The first kappa shape index (κ1) is 17.2. The topological polar surface area (TPSA) is 67.8 Å². The van der Waals surface area contributed by atoms with E-state index in [0.29, 0.717) is 16.3 Å². The van der Waals surface area contributed by atoms with Crippen molar-refractivity contribution in [3.63, 3.8) is 0 Å². The Morgan fingerprint density at radius 1 is 1.08 bits per heavy atom. The highest BCUT2D eigenvalue weighted by molar-refractivity contribution is 7.17. The fraction of sp³-hybridized carbons (Fsp3) is 0.263. The van der Waals surface area contributed by atoms with Gasteiger partial charge in [0.2, 0.25) is 0 Å². The van der Waals surface area contributed by atoms with Crippen molar-refractivity contribution < 1.29 is 4.79 Å². The Hall–Kier alpha value is -2.60. The van der Waals surface area contributed by atoms with E-state index in [2.05, 4.69) is 20.3 Å². The lowest BCUT2D eigenvalue weighted by molar-refractivity contribution is 0.102. The summed E-state index contributed by atoms with van der Waals surface area (Å²) < 4.78 is 0. The van der Waals surface area contributed by atoms with Gasteiger partial charge < -0.3 is 5.32 Å². The van der Waals surface area contributed by atoms with Crippen LogP contribution in [0.1, 0.15) is 42.0 Å². The number of carbonyl (C=O) groups excluding carboxylic acids is 1. The monoisotopic (exact) mass is 352 g/mol. The lowest BCUT2D eigenvalue weighted by Gasteiger charge is -2.16. The number of thiazole rings is 1. The van der Waals surface area contributed by atoms with Crippen LogP contribution < -0.4 is 5.32 Å². The molecule has 1 aromatic carbocycles. The summed E-state index contributed by atoms with van der Waals surface area (Å²) in [7, 11) is 0. The lowest BCUT2D eigenvalue weighted by Crippen LogP contribution is -2.17. The first-order valence-electron chi connectivity index (χ1n) is 8.01. The molecule has 0 aliphatic rings. The summed E-state index contributed by atoms with van der Waals surface area (Å²) in [4.78, 5) is 26.3. The van der Waals surface area contributed by atoms with E-state index in [4.69, 9.17) is 0 Å². The Morgan fingerprint density at radius 3 is 2.32 bits per heavy atom. The number of aryl methyl sites for hydroxylation is 1. The number of hydrogen-bond acceptors (Lipinski definition) is 5. The third-order valence-corrected chi connectivity index (χ3v) is 4.81.